The van der Waals surface area contributed by atoms with Crippen LogP contribution in [-0.2, 0) is 10.2 Å². The van der Waals surface area contributed by atoms with Crippen molar-refractivity contribution in [3.63, 3.8) is 0 Å². The van der Waals surface area contributed by atoms with Gasteiger partial charge in [-0.2, -0.15) is 8.42 Å². The van der Waals surface area contributed by atoms with Crippen LogP contribution in [0.25, 0.3) is 0 Å². The number of nitrogens with zero attached hydrogens (tertiary/aromatic N) is 2. The van der Waals surface area contributed by atoms with E-state index in [-0.39, 0.29) is 12.2 Å². The molecular weight excluding hydrogens is 360 g/mol. The summed E-state index contributed by atoms with van der Waals surface area (Å²) in [6, 6.07) is 10.4. The normalized spacial score (nSPS) is 18.2. The van der Waals surface area contributed by atoms with Crippen LogP contribution in [0.5, 0.6) is 0 Å². The molecule has 0 spiro atoms. The van der Waals surface area contributed by atoms with E-state index in [0.717, 1.165) is 29.3 Å². The van der Waals surface area contributed by atoms with Gasteiger partial charge in [0, 0.05) is 12.6 Å². The lowest BCUT2D eigenvalue weighted by Crippen LogP contribution is -2.37. The number of benzene rings is 2. The average molecular weight is 379 g/mol. The highest BCUT2D eigenvalue weighted by Gasteiger charge is 2.43. The topological polar surface area (TPSA) is 52.7 Å². The fourth-order valence-electron chi connectivity index (χ4n) is 3.16. The Kier molecular flexibility index (Phi) is 4.32. The van der Waals surface area contributed by atoms with Gasteiger partial charge in [-0.15, -0.1) is 0 Å². The van der Waals surface area contributed by atoms with Crippen molar-refractivity contribution in [2.75, 3.05) is 21.7 Å². The quantitative estimate of drug-likeness (QED) is 0.784. The molecule has 1 heterocycles. The molecule has 0 saturated heterocycles. The van der Waals surface area contributed by atoms with Crippen LogP contribution in [0.4, 0.5) is 25.8 Å². The van der Waals surface area contributed by atoms with E-state index in [4.69, 9.17) is 0 Å². The highest BCUT2D eigenvalue weighted by Crippen LogP contribution is 2.46. The van der Waals surface area contributed by atoms with Gasteiger partial charge in [0.15, 0.2) is 11.6 Å². The van der Waals surface area contributed by atoms with Crippen molar-refractivity contribution in [1.29, 1.82) is 0 Å². The maximum Gasteiger partial charge on any atom is 0.331 e. The summed E-state index contributed by atoms with van der Waals surface area (Å²) in [7, 11) is -4.11. The van der Waals surface area contributed by atoms with Gasteiger partial charge in [0.25, 0.3) is 0 Å². The summed E-state index contributed by atoms with van der Waals surface area (Å²) in [4.78, 5) is 0. The van der Waals surface area contributed by atoms with Gasteiger partial charge in [0.05, 0.1) is 11.4 Å². The standard InChI is InChI=1S/C18H19F2N3O2S/c19-14-5-3-6-15(20)18(14)23-17-8-2-1-7-16(17)22(26(23,24)25)12-4-11-21-13-9-10-13/h1-3,5-8,13,21H,4,9-12H2. The lowest BCUT2D eigenvalue weighted by Gasteiger charge is -2.22. The molecule has 26 heavy (non-hydrogen) atoms. The van der Waals surface area contributed by atoms with Crippen LogP contribution in [0.15, 0.2) is 42.5 Å². The number of para-hydroxylation sites is 3. The van der Waals surface area contributed by atoms with Crippen LogP contribution in [0.2, 0.25) is 0 Å². The summed E-state index contributed by atoms with van der Waals surface area (Å²) >= 11 is 0. The predicted molar refractivity (Wildman–Crippen MR) is 96.8 cm³/mol. The minimum absolute atomic E-state index is 0.242. The van der Waals surface area contributed by atoms with E-state index in [1.54, 1.807) is 24.3 Å². The van der Waals surface area contributed by atoms with E-state index < -0.39 is 27.5 Å². The Morgan fingerprint density at radius 3 is 2.31 bits per heavy atom. The molecule has 138 valence electrons. The van der Waals surface area contributed by atoms with Gasteiger partial charge in [-0.25, -0.2) is 13.1 Å². The number of rotatable bonds is 6. The minimum Gasteiger partial charge on any atom is -0.314 e. The van der Waals surface area contributed by atoms with Gasteiger partial charge in [-0.1, -0.05) is 18.2 Å². The van der Waals surface area contributed by atoms with Crippen molar-refractivity contribution in [3.05, 3.63) is 54.1 Å². The molecule has 0 amide bonds. The predicted octanol–water partition coefficient (Wildman–Crippen LogP) is 3.31. The summed E-state index contributed by atoms with van der Waals surface area (Å²) in [6.07, 6.45) is 2.92. The first-order valence-corrected chi connectivity index (χ1v) is 9.99. The molecule has 2 aliphatic rings. The fraction of sp³-hybridized carbons (Fsp3) is 0.333. The van der Waals surface area contributed by atoms with Crippen molar-refractivity contribution in [2.24, 2.45) is 0 Å². The smallest absolute Gasteiger partial charge is 0.314 e. The van der Waals surface area contributed by atoms with Gasteiger partial charge in [-0.05, 0) is 50.1 Å². The van der Waals surface area contributed by atoms with Crippen LogP contribution in [0, 0.1) is 11.6 Å². The summed E-state index contributed by atoms with van der Waals surface area (Å²) in [5.74, 6) is -1.83. The van der Waals surface area contributed by atoms with Crippen molar-refractivity contribution in [3.8, 4) is 0 Å². The SMILES string of the molecule is O=S1(=O)N(CCCNC2CC2)c2ccccc2N1c1c(F)cccc1F. The Labute approximate surface area is 151 Å². The second-order valence-corrected chi connectivity index (χ2v) is 8.19. The maximum atomic E-state index is 14.3. The summed E-state index contributed by atoms with van der Waals surface area (Å²) in [5, 5.41) is 3.34. The zero-order valence-corrected chi connectivity index (χ0v) is 14.8. The summed E-state index contributed by atoms with van der Waals surface area (Å²) < 4.78 is 56.8. The average Bonchev–Trinajstić information content (AvgIpc) is 3.39. The van der Waals surface area contributed by atoms with Gasteiger partial charge in [0.1, 0.15) is 5.69 Å². The molecule has 8 heteroatoms. The molecule has 0 unspecified atom stereocenters. The summed E-state index contributed by atoms with van der Waals surface area (Å²) in [6.45, 7) is 0.943. The third-order valence-electron chi connectivity index (χ3n) is 4.57. The second kappa shape index (κ2) is 6.51. The Hall–Kier alpha value is -2.19. The van der Waals surface area contributed by atoms with Crippen LogP contribution in [-0.4, -0.2) is 27.5 Å². The largest absolute Gasteiger partial charge is 0.331 e. The van der Waals surface area contributed by atoms with Crippen molar-refractivity contribution in [2.45, 2.75) is 25.3 Å². The molecular formula is C18H19F2N3O2S. The molecule has 2 aromatic carbocycles. The van der Waals surface area contributed by atoms with E-state index in [1.165, 1.54) is 10.4 Å². The Balaban J connectivity index is 1.69. The second-order valence-electron chi connectivity index (χ2n) is 6.49. The molecule has 4 rings (SSSR count). The molecule has 1 fully saturated rings. The van der Waals surface area contributed by atoms with Crippen LogP contribution in [0.1, 0.15) is 19.3 Å². The highest BCUT2D eigenvalue weighted by atomic mass is 32.2. The Morgan fingerprint density at radius 1 is 1.00 bits per heavy atom. The lowest BCUT2D eigenvalue weighted by molar-refractivity contribution is 0.573. The van der Waals surface area contributed by atoms with Crippen LogP contribution in [0.3, 0.4) is 0 Å². The number of hydrogen-bond donors (Lipinski definition) is 1. The molecule has 2 aromatic rings. The molecule has 1 aliphatic carbocycles. The zero-order chi connectivity index (χ0) is 18.3. The first-order valence-electron chi connectivity index (χ1n) is 8.59. The molecule has 0 aromatic heterocycles. The first-order chi connectivity index (χ1) is 12.5. The maximum absolute atomic E-state index is 14.3. The van der Waals surface area contributed by atoms with Crippen LogP contribution < -0.4 is 13.9 Å². The first kappa shape index (κ1) is 17.2. The Bertz CT molecular complexity index is 912. The summed E-state index contributed by atoms with van der Waals surface area (Å²) in [5.41, 5.74) is 0.117. The Morgan fingerprint density at radius 2 is 1.65 bits per heavy atom. The molecule has 1 aliphatic heterocycles. The molecule has 0 radical (unpaired) electrons. The van der Waals surface area contributed by atoms with Gasteiger partial charge in [-0.3, -0.25) is 4.31 Å². The van der Waals surface area contributed by atoms with Gasteiger partial charge >= 0.3 is 10.2 Å². The molecule has 1 N–H and O–H groups in total. The van der Waals surface area contributed by atoms with Gasteiger partial charge < -0.3 is 5.32 Å². The van der Waals surface area contributed by atoms with E-state index >= 15 is 0 Å². The number of anilines is 3. The highest BCUT2D eigenvalue weighted by molar-refractivity contribution is 7.95. The van der Waals surface area contributed by atoms with E-state index in [2.05, 4.69) is 5.32 Å². The molecule has 0 atom stereocenters. The molecule has 1 saturated carbocycles. The lowest BCUT2D eigenvalue weighted by atomic mass is 10.2. The van der Waals surface area contributed by atoms with Crippen molar-refractivity contribution in [1.82, 2.24) is 5.32 Å². The molecule has 5 nitrogen and oxygen atoms in total. The van der Waals surface area contributed by atoms with Crippen molar-refractivity contribution >= 4 is 27.3 Å². The van der Waals surface area contributed by atoms with Crippen LogP contribution >= 0.6 is 0 Å². The van der Waals surface area contributed by atoms with E-state index in [9.17, 15) is 17.2 Å². The third-order valence-corrected chi connectivity index (χ3v) is 6.34. The zero-order valence-electron chi connectivity index (χ0n) is 14.0. The number of fused-ring (bicyclic) bond motifs is 1. The monoisotopic (exact) mass is 379 g/mol. The van der Waals surface area contributed by atoms with Crippen molar-refractivity contribution < 1.29 is 17.2 Å². The fourth-order valence-corrected chi connectivity index (χ4v) is 4.93. The number of halogens is 2. The van der Waals surface area contributed by atoms with E-state index in [1.807, 2.05) is 0 Å². The third kappa shape index (κ3) is 2.93. The number of hydrogen-bond acceptors (Lipinski definition) is 3. The minimum atomic E-state index is -4.11. The van der Waals surface area contributed by atoms with E-state index in [0.29, 0.717) is 24.7 Å². The van der Waals surface area contributed by atoms with Gasteiger partial charge in [0.2, 0.25) is 0 Å². The molecule has 0 bridgehead atoms. The number of nitrogens with one attached hydrogen (secondary N) is 1.